The van der Waals surface area contributed by atoms with Crippen molar-refractivity contribution in [3.63, 3.8) is 0 Å². The minimum atomic E-state index is -2.86. The highest BCUT2D eigenvalue weighted by Gasteiger charge is 2.23. The molecule has 0 bridgehead atoms. The predicted octanol–water partition coefficient (Wildman–Crippen LogP) is 2.20. The number of aliphatic carboxylic acids is 2. The van der Waals surface area contributed by atoms with Gasteiger partial charge in [-0.05, 0) is 18.4 Å². The van der Waals surface area contributed by atoms with Crippen molar-refractivity contribution in [1.82, 2.24) is 0 Å². The summed E-state index contributed by atoms with van der Waals surface area (Å²) in [4.78, 5) is 33.1. The highest BCUT2D eigenvalue weighted by atomic mass is 31.1. The Morgan fingerprint density at radius 1 is 1.09 bits per heavy atom. The fraction of sp³-hybridized carbons (Fsp3) is 0.400. The number of benzene rings is 1. The maximum atomic E-state index is 11.8. The Balaban J connectivity index is 2.39. The summed E-state index contributed by atoms with van der Waals surface area (Å²) in [6, 6.07) is 9.22. The minimum Gasteiger partial charge on any atom is -0.481 e. The first-order valence-electron chi connectivity index (χ1n) is 7.10. The molecular weight excluding hydrogens is 323 g/mol. The van der Waals surface area contributed by atoms with Crippen molar-refractivity contribution >= 4 is 25.9 Å². The third-order valence-electron chi connectivity index (χ3n) is 3.16. The van der Waals surface area contributed by atoms with Crippen LogP contribution in [0.5, 0.6) is 0 Å². The van der Waals surface area contributed by atoms with Crippen LogP contribution in [-0.2, 0) is 29.9 Å². The van der Waals surface area contributed by atoms with E-state index in [0.29, 0.717) is 6.42 Å². The molecule has 0 amide bonds. The smallest absolute Gasteiger partial charge is 0.310 e. The van der Waals surface area contributed by atoms with Gasteiger partial charge in [0, 0.05) is 19.0 Å². The SMILES string of the molecule is O=C(O)CCC(C[PH](=O)OC(=O)CCc1ccccc1)C(=O)O. The molecule has 2 atom stereocenters. The summed E-state index contributed by atoms with van der Waals surface area (Å²) in [5, 5.41) is 17.5. The highest BCUT2D eigenvalue weighted by molar-refractivity contribution is 7.39. The van der Waals surface area contributed by atoms with E-state index >= 15 is 0 Å². The topological polar surface area (TPSA) is 118 Å². The Bertz CT molecular complexity index is 570. The molecule has 1 rings (SSSR count). The van der Waals surface area contributed by atoms with Gasteiger partial charge in [0.1, 0.15) is 0 Å². The van der Waals surface area contributed by atoms with Gasteiger partial charge >= 0.3 is 17.9 Å². The van der Waals surface area contributed by atoms with Crippen molar-refractivity contribution in [3.8, 4) is 0 Å². The molecule has 0 saturated carbocycles. The zero-order valence-corrected chi connectivity index (χ0v) is 13.4. The van der Waals surface area contributed by atoms with Gasteiger partial charge in [0.2, 0.25) is 8.03 Å². The normalized spacial score (nSPS) is 13.0. The molecule has 0 aromatic heterocycles. The molecule has 0 radical (unpaired) electrons. The van der Waals surface area contributed by atoms with Crippen LogP contribution < -0.4 is 0 Å². The molecule has 0 aliphatic heterocycles. The van der Waals surface area contributed by atoms with E-state index in [2.05, 4.69) is 0 Å². The second kappa shape index (κ2) is 9.79. The molecule has 2 unspecified atom stereocenters. The summed E-state index contributed by atoms with van der Waals surface area (Å²) in [6.07, 6.45) is -0.343. The molecule has 0 aliphatic rings. The van der Waals surface area contributed by atoms with Gasteiger partial charge in [0.25, 0.3) is 0 Å². The first-order chi connectivity index (χ1) is 10.9. The van der Waals surface area contributed by atoms with Crippen LogP contribution in [0.4, 0.5) is 0 Å². The molecule has 0 aliphatic carbocycles. The second-order valence-corrected chi connectivity index (χ2v) is 6.36. The van der Waals surface area contributed by atoms with Gasteiger partial charge in [0.15, 0.2) is 0 Å². The summed E-state index contributed by atoms with van der Waals surface area (Å²) in [7, 11) is -2.86. The van der Waals surface area contributed by atoms with Crippen LogP contribution in [0.25, 0.3) is 0 Å². The monoisotopic (exact) mass is 342 g/mol. The second-order valence-electron chi connectivity index (χ2n) is 5.00. The fourth-order valence-corrected chi connectivity index (χ4v) is 3.14. The maximum absolute atomic E-state index is 11.8. The van der Waals surface area contributed by atoms with Crippen molar-refractivity contribution in [2.45, 2.75) is 25.7 Å². The number of carboxylic acid groups (broad SMARTS) is 2. The molecule has 2 N–H and O–H groups in total. The lowest BCUT2D eigenvalue weighted by atomic mass is 10.1. The van der Waals surface area contributed by atoms with Crippen LogP contribution in [0.15, 0.2) is 30.3 Å². The molecule has 1 aromatic carbocycles. The average molecular weight is 342 g/mol. The maximum Gasteiger partial charge on any atom is 0.310 e. The Labute approximate surface area is 134 Å². The summed E-state index contributed by atoms with van der Waals surface area (Å²) < 4.78 is 16.5. The van der Waals surface area contributed by atoms with Gasteiger partial charge in [-0.1, -0.05) is 30.3 Å². The first-order valence-corrected chi connectivity index (χ1v) is 8.63. The molecule has 23 heavy (non-hydrogen) atoms. The van der Waals surface area contributed by atoms with Crippen molar-refractivity contribution in [2.24, 2.45) is 5.92 Å². The van der Waals surface area contributed by atoms with E-state index in [1.165, 1.54) is 0 Å². The number of hydrogen-bond acceptors (Lipinski definition) is 5. The summed E-state index contributed by atoms with van der Waals surface area (Å²) in [6.45, 7) is 0. The number of carboxylic acids is 2. The Hall–Kier alpha value is -2.14. The van der Waals surface area contributed by atoms with Gasteiger partial charge in [0.05, 0.1) is 5.92 Å². The Morgan fingerprint density at radius 2 is 1.74 bits per heavy atom. The lowest BCUT2D eigenvalue weighted by molar-refractivity contribution is -0.142. The van der Waals surface area contributed by atoms with Gasteiger partial charge in [-0.2, -0.15) is 0 Å². The van der Waals surface area contributed by atoms with Crippen LogP contribution in [0.2, 0.25) is 0 Å². The zero-order valence-electron chi connectivity index (χ0n) is 12.4. The molecule has 0 heterocycles. The van der Waals surface area contributed by atoms with Crippen molar-refractivity contribution < 1.29 is 33.7 Å². The van der Waals surface area contributed by atoms with E-state index in [4.69, 9.17) is 14.7 Å². The third kappa shape index (κ3) is 8.16. The van der Waals surface area contributed by atoms with E-state index in [-0.39, 0.29) is 25.4 Å². The molecular formula is C15H19O7P. The number of carbonyl (C=O) groups excluding carboxylic acids is 1. The first kappa shape index (κ1) is 18.9. The van der Waals surface area contributed by atoms with Crippen molar-refractivity contribution in [2.75, 3.05) is 6.16 Å². The van der Waals surface area contributed by atoms with Crippen molar-refractivity contribution in [3.05, 3.63) is 35.9 Å². The van der Waals surface area contributed by atoms with Crippen LogP contribution in [0.3, 0.4) is 0 Å². The van der Waals surface area contributed by atoms with Gasteiger partial charge in [-0.25, -0.2) is 0 Å². The number of aryl methyl sites for hydroxylation is 1. The predicted molar refractivity (Wildman–Crippen MR) is 82.7 cm³/mol. The van der Waals surface area contributed by atoms with E-state index in [1.807, 2.05) is 30.3 Å². The minimum absolute atomic E-state index is 0.0489. The van der Waals surface area contributed by atoms with Crippen LogP contribution in [0.1, 0.15) is 24.8 Å². The van der Waals surface area contributed by atoms with Crippen LogP contribution in [0, 0.1) is 5.92 Å². The highest BCUT2D eigenvalue weighted by Crippen LogP contribution is 2.28. The summed E-state index contributed by atoms with van der Waals surface area (Å²) in [5.74, 6) is -4.12. The average Bonchev–Trinajstić information content (AvgIpc) is 2.50. The van der Waals surface area contributed by atoms with Crippen LogP contribution in [-0.4, -0.2) is 34.3 Å². The fourth-order valence-electron chi connectivity index (χ4n) is 1.92. The van der Waals surface area contributed by atoms with E-state index in [1.54, 1.807) is 0 Å². The quantitative estimate of drug-likeness (QED) is 0.626. The van der Waals surface area contributed by atoms with Crippen molar-refractivity contribution in [1.29, 1.82) is 0 Å². The summed E-state index contributed by atoms with van der Waals surface area (Å²) >= 11 is 0. The zero-order chi connectivity index (χ0) is 17.2. The molecule has 0 fully saturated rings. The van der Waals surface area contributed by atoms with Gasteiger partial charge in [-0.15, -0.1) is 0 Å². The van der Waals surface area contributed by atoms with Gasteiger partial charge < -0.3 is 14.7 Å². The number of carbonyl (C=O) groups is 3. The van der Waals surface area contributed by atoms with E-state index < -0.39 is 31.9 Å². The molecule has 0 saturated heterocycles. The Kier molecular flexibility index (Phi) is 8.05. The largest absolute Gasteiger partial charge is 0.481 e. The van der Waals surface area contributed by atoms with Crippen LogP contribution >= 0.6 is 8.03 Å². The number of hydrogen-bond donors (Lipinski definition) is 2. The third-order valence-corrected chi connectivity index (χ3v) is 4.44. The molecule has 1 aromatic rings. The standard InChI is InChI=1S/C15H19O7P/c16-13(17)8-7-12(15(19)20)10-23(21)22-14(18)9-6-11-4-2-1-3-5-11/h1-5,12,23H,6-10H2,(H,16,17)(H,19,20). The lowest BCUT2D eigenvalue weighted by Gasteiger charge is -2.11. The molecule has 0 spiro atoms. The summed E-state index contributed by atoms with van der Waals surface area (Å²) in [5.41, 5.74) is 0.939. The number of rotatable bonds is 10. The molecule has 126 valence electrons. The Morgan fingerprint density at radius 3 is 2.30 bits per heavy atom. The van der Waals surface area contributed by atoms with E-state index in [9.17, 15) is 18.9 Å². The molecule has 7 nitrogen and oxygen atoms in total. The van der Waals surface area contributed by atoms with E-state index in [0.717, 1.165) is 5.56 Å². The van der Waals surface area contributed by atoms with Gasteiger partial charge in [-0.3, -0.25) is 18.9 Å². The molecule has 8 heteroatoms. The lowest BCUT2D eigenvalue weighted by Crippen LogP contribution is -2.18.